The van der Waals surface area contributed by atoms with E-state index in [0.717, 1.165) is 44.6 Å². The van der Waals surface area contributed by atoms with Gasteiger partial charge in [-0.2, -0.15) is 4.98 Å². The third-order valence-corrected chi connectivity index (χ3v) is 8.43. The summed E-state index contributed by atoms with van der Waals surface area (Å²) in [6.45, 7) is 2.93. The van der Waals surface area contributed by atoms with Crippen molar-refractivity contribution in [3.63, 3.8) is 0 Å². The zero-order valence-corrected chi connectivity index (χ0v) is 22.6. The number of nitrogens with one attached hydrogen (secondary N) is 3. The molecule has 0 saturated carbocycles. The van der Waals surface area contributed by atoms with Crippen molar-refractivity contribution >= 4 is 40.2 Å². The molecule has 39 heavy (non-hydrogen) atoms. The van der Waals surface area contributed by atoms with Gasteiger partial charge in [0.1, 0.15) is 23.4 Å². The molecule has 1 aromatic heterocycles. The highest BCUT2D eigenvalue weighted by Crippen LogP contribution is 2.40. The van der Waals surface area contributed by atoms with Crippen LogP contribution in [0.3, 0.4) is 0 Å². The van der Waals surface area contributed by atoms with Crippen LogP contribution in [0.2, 0.25) is 0 Å². The van der Waals surface area contributed by atoms with E-state index in [1.807, 2.05) is 0 Å². The third-order valence-electron chi connectivity index (χ3n) is 7.17. The zero-order chi connectivity index (χ0) is 27.5. The van der Waals surface area contributed by atoms with Crippen molar-refractivity contribution < 1.29 is 18.1 Å². The number of halogens is 2. The van der Waals surface area contributed by atoms with Crippen LogP contribution in [0.4, 0.5) is 31.9 Å². The van der Waals surface area contributed by atoms with Crippen molar-refractivity contribution in [1.82, 2.24) is 20.6 Å². The van der Waals surface area contributed by atoms with Crippen molar-refractivity contribution in [3.8, 4) is 0 Å². The lowest BCUT2D eigenvalue weighted by Gasteiger charge is -2.38. The predicted octanol–water partition coefficient (Wildman–Crippen LogP) is 3.31. The fourth-order valence-electron chi connectivity index (χ4n) is 4.95. The number of amides is 1. The first-order valence-corrected chi connectivity index (χ1v) is 14.1. The lowest BCUT2D eigenvalue weighted by atomic mass is 9.98. The Balaban J connectivity index is 1.27. The molecule has 0 spiro atoms. The summed E-state index contributed by atoms with van der Waals surface area (Å²) < 4.78 is 41.9. The highest BCUT2D eigenvalue weighted by molar-refractivity contribution is 7.91. The Morgan fingerprint density at radius 3 is 2.49 bits per heavy atom. The molecule has 0 bridgehead atoms. The number of rotatable bonds is 8. The second-order valence-electron chi connectivity index (χ2n) is 9.74. The van der Waals surface area contributed by atoms with Crippen molar-refractivity contribution in [2.45, 2.75) is 23.8 Å². The minimum Gasteiger partial charge on any atom is -0.610 e. The Labute approximate surface area is 229 Å². The van der Waals surface area contributed by atoms with E-state index in [1.54, 1.807) is 31.3 Å². The van der Waals surface area contributed by atoms with Crippen molar-refractivity contribution in [1.29, 1.82) is 0 Å². The number of aromatic nitrogens is 2. The van der Waals surface area contributed by atoms with Gasteiger partial charge in [-0.25, -0.2) is 13.8 Å². The van der Waals surface area contributed by atoms with Crippen molar-refractivity contribution in [2.24, 2.45) is 5.92 Å². The van der Waals surface area contributed by atoms with Crippen LogP contribution in [0.25, 0.3) is 0 Å². The molecule has 206 valence electrons. The smallest absolute Gasteiger partial charge is 0.254 e. The third kappa shape index (κ3) is 5.83. The molecule has 1 saturated heterocycles. The van der Waals surface area contributed by atoms with Crippen LogP contribution in [0.5, 0.6) is 0 Å². The fourth-order valence-corrected chi connectivity index (χ4v) is 5.86. The summed E-state index contributed by atoms with van der Waals surface area (Å²) >= 11 is -1.17. The van der Waals surface area contributed by atoms with Gasteiger partial charge in [0, 0.05) is 37.5 Å². The first kappa shape index (κ1) is 27.3. The summed E-state index contributed by atoms with van der Waals surface area (Å²) in [6, 6.07) is 9.46. The van der Waals surface area contributed by atoms with E-state index < -0.39 is 34.8 Å². The zero-order valence-electron chi connectivity index (χ0n) is 21.8. The van der Waals surface area contributed by atoms with Crippen molar-refractivity contribution in [3.05, 3.63) is 65.9 Å². The standard InChI is InChI=1S/C27H31F2N7O2S/c1-35-22-15-32-27(34-25(22)36(2)24(26(35)37)23-20(28)4-3-5-21(23)29)33-18-6-8-19(9-7-18)39(38)16-31-14-17-10-12-30-13-11-17/h3-9,15,17,24,30-31H,10-14,16H2,1-2H3,(H,32,33,34). The number of hydrogen-bond donors (Lipinski definition) is 3. The first-order valence-electron chi connectivity index (χ1n) is 12.8. The quantitative estimate of drug-likeness (QED) is 0.364. The van der Waals surface area contributed by atoms with Crippen LogP contribution in [0, 0.1) is 17.6 Å². The van der Waals surface area contributed by atoms with Gasteiger partial charge in [0.2, 0.25) is 5.95 Å². The number of carbonyl (C=O) groups is 1. The van der Waals surface area contributed by atoms with Crippen molar-refractivity contribution in [2.75, 3.05) is 54.7 Å². The highest BCUT2D eigenvalue weighted by Gasteiger charge is 2.40. The lowest BCUT2D eigenvalue weighted by molar-refractivity contribution is -0.120. The van der Waals surface area contributed by atoms with E-state index in [0.29, 0.717) is 33.9 Å². The van der Waals surface area contributed by atoms with E-state index in [9.17, 15) is 18.1 Å². The van der Waals surface area contributed by atoms with Gasteiger partial charge >= 0.3 is 0 Å². The number of likely N-dealkylation sites (N-methyl/N-ethyl adjacent to an activating group) is 2. The molecule has 12 heteroatoms. The van der Waals surface area contributed by atoms with E-state index in [2.05, 4.69) is 25.9 Å². The maximum absolute atomic E-state index is 14.6. The van der Waals surface area contributed by atoms with E-state index in [4.69, 9.17) is 0 Å². The monoisotopic (exact) mass is 555 g/mol. The Morgan fingerprint density at radius 2 is 1.79 bits per heavy atom. The molecular weight excluding hydrogens is 524 g/mol. The number of piperidine rings is 1. The Morgan fingerprint density at radius 1 is 1.10 bits per heavy atom. The minimum absolute atomic E-state index is 0.244. The number of anilines is 4. The van der Waals surface area contributed by atoms with Gasteiger partial charge in [-0.05, 0) is 68.2 Å². The van der Waals surface area contributed by atoms with Gasteiger partial charge in [-0.3, -0.25) is 10.1 Å². The summed E-state index contributed by atoms with van der Waals surface area (Å²) in [5, 5.41) is 9.78. The van der Waals surface area contributed by atoms with Gasteiger partial charge in [-0.15, -0.1) is 0 Å². The second-order valence-corrected chi connectivity index (χ2v) is 11.2. The molecule has 3 aromatic rings. The van der Waals surface area contributed by atoms with Crippen LogP contribution < -0.4 is 25.8 Å². The maximum atomic E-state index is 14.6. The minimum atomic E-state index is -1.22. The van der Waals surface area contributed by atoms with Crippen LogP contribution in [0.1, 0.15) is 24.4 Å². The first-order chi connectivity index (χ1) is 18.8. The predicted molar refractivity (Wildman–Crippen MR) is 148 cm³/mol. The topological polar surface area (TPSA) is 108 Å². The Hall–Kier alpha value is -3.32. The molecule has 9 nitrogen and oxygen atoms in total. The van der Waals surface area contributed by atoms with Crippen LogP contribution in [-0.4, -0.2) is 60.0 Å². The van der Waals surface area contributed by atoms with Gasteiger partial charge < -0.3 is 25.0 Å². The molecule has 5 rings (SSSR count). The largest absolute Gasteiger partial charge is 0.610 e. The van der Waals surface area contributed by atoms with Gasteiger partial charge in [0.15, 0.2) is 16.6 Å². The highest BCUT2D eigenvalue weighted by atomic mass is 32.2. The average Bonchev–Trinajstić information content (AvgIpc) is 2.94. The molecule has 3 N–H and O–H groups in total. The number of benzene rings is 2. The van der Waals surface area contributed by atoms with E-state index in [1.165, 1.54) is 29.1 Å². The molecule has 1 fully saturated rings. The van der Waals surface area contributed by atoms with Crippen LogP contribution in [-0.2, 0) is 16.0 Å². The molecule has 2 aromatic carbocycles. The van der Waals surface area contributed by atoms with E-state index >= 15 is 0 Å². The summed E-state index contributed by atoms with van der Waals surface area (Å²) in [4.78, 5) is 25.4. The maximum Gasteiger partial charge on any atom is 0.254 e. The molecule has 1 amide bonds. The molecule has 3 heterocycles. The molecular formula is C27H31F2N7O2S. The molecule has 0 radical (unpaired) electrons. The van der Waals surface area contributed by atoms with Crippen LogP contribution >= 0.6 is 0 Å². The van der Waals surface area contributed by atoms with Crippen LogP contribution in [0.15, 0.2) is 53.6 Å². The lowest BCUT2D eigenvalue weighted by Crippen LogP contribution is -2.46. The van der Waals surface area contributed by atoms with Gasteiger partial charge in [0.25, 0.3) is 5.91 Å². The summed E-state index contributed by atoms with van der Waals surface area (Å²) in [7, 11) is 3.09. The number of nitrogens with zero attached hydrogens (tertiary/aromatic N) is 4. The van der Waals surface area contributed by atoms with Gasteiger partial charge in [0.05, 0.1) is 11.8 Å². The molecule has 2 atom stereocenters. The number of fused-ring (bicyclic) bond motifs is 1. The Kier molecular flexibility index (Phi) is 8.26. The molecule has 2 aliphatic rings. The SMILES string of the molecule is CN1C(=O)C(c2c(F)cccc2F)N(C)c2nc(Nc3ccc([S+]([O-])CNCC4CCNCC4)cc3)ncc21. The normalized spacial score (nSPS) is 18.7. The second kappa shape index (κ2) is 11.8. The Bertz CT molecular complexity index is 1300. The summed E-state index contributed by atoms with van der Waals surface area (Å²) in [5.41, 5.74) is 0.770. The average molecular weight is 556 g/mol. The molecule has 2 unspecified atom stereocenters. The molecule has 0 aliphatic carbocycles. The fraction of sp³-hybridized carbons (Fsp3) is 0.370. The summed E-state index contributed by atoms with van der Waals surface area (Å²) in [6.07, 6.45) is 3.76. The number of carbonyl (C=O) groups excluding carboxylic acids is 1. The molecule has 2 aliphatic heterocycles. The summed E-state index contributed by atoms with van der Waals surface area (Å²) in [5.74, 6) is -0.496. The van der Waals surface area contributed by atoms with E-state index in [-0.39, 0.29) is 11.5 Å². The number of hydrogen-bond acceptors (Lipinski definition) is 8. The van der Waals surface area contributed by atoms with Gasteiger partial charge in [-0.1, -0.05) is 6.07 Å².